The molecule has 1 aromatic heterocycles. The fourth-order valence-electron chi connectivity index (χ4n) is 1.83. The van der Waals surface area contributed by atoms with Gasteiger partial charge in [0, 0.05) is 17.3 Å². The summed E-state index contributed by atoms with van der Waals surface area (Å²) in [6, 6.07) is 5.11. The molecule has 0 aliphatic heterocycles. The Kier molecular flexibility index (Phi) is 3.58. The van der Waals surface area contributed by atoms with Crippen molar-refractivity contribution in [1.82, 2.24) is 9.97 Å². The fraction of sp³-hybridized carbons (Fsp3) is 0.154. The molecule has 18 heavy (non-hydrogen) atoms. The lowest BCUT2D eigenvalue weighted by Gasteiger charge is -2.13. The van der Waals surface area contributed by atoms with Crippen LogP contribution in [0.2, 0.25) is 0 Å². The van der Waals surface area contributed by atoms with Gasteiger partial charge in [0.2, 0.25) is 0 Å². The normalized spacial score (nSPS) is 10.2. The van der Waals surface area contributed by atoms with Crippen molar-refractivity contribution in [2.75, 3.05) is 7.11 Å². The third kappa shape index (κ3) is 2.19. The maximum Gasteiger partial charge on any atom is 0.252 e. The minimum absolute atomic E-state index is 0.450. The molecule has 0 aliphatic rings. The van der Waals surface area contributed by atoms with Crippen LogP contribution in [0.5, 0.6) is 5.75 Å². The molecule has 5 heteroatoms. The Hall–Kier alpha value is -1.94. The lowest BCUT2D eigenvalue weighted by Crippen LogP contribution is -2.00. The number of rotatable bonds is 3. The molecule has 0 saturated heterocycles. The van der Waals surface area contributed by atoms with Gasteiger partial charge in [-0.1, -0.05) is 0 Å². The van der Waals surface area contributed by atoms with Crippen LogP contribution >= 0.6 is 11.6 Å². The predicted octanol–water partition coefficient (Wildman–Crippen LogP) is 2.84. The van der Waals surface area contributed by atoms with Crippen LogP contribution < -0.4 is 4.74 Å². The van der Waals surface area contributed by atoms with Gasteiger partial charge in [-0.3, -0.25) is 4.79 Å². The van der Waals surface area contributed by atoms with Crippen molar-refractivity contribution in [3.8, 4) is 17.0 Å². The largest absolute Gasteiger partial charge is 0.496 e. The Morgan fingerprint density at radius 2 is 2.11 bits per heavy atom. The van der Waals surface area contributed by atoms with Crippen LogP contribution in [0.3, 0.4) is 0 Å². The number of benzene rings is 1. The average Bonchev–Trinajstić information content (AvgIpc) is 2.38. The molecule has 0 aliphatic carbocycles. The van der Waals surface area contributed by atoms with Crippen molar-refractivity contribution < 1.29 is 9.53 Å². The van der Waals surface area contributed by atoms with Gasteiger partial charge in [0.1, 0.15) is 12.1 Å². The van der Waals surface area contributed by atoms with Gasteiger partial charge >= 0.3 is 0 Å². The summed E-state index contributed by atoms with van der Waals surface area (Å²) in [5, 5.41) is -0.495. The van der Waals surface area contributed by atoms with Gasteiger partial charge in [-0.05, 0) is 42.3 Å². The molecule has 2 rings (SSSR count). The number of ether oxygens (including phenoxy) is 1. The molecule has 1 aromatic carbocycles. The highest BCUT2D eigenvalue weighted by atomic mass is 35.5. The van der Waals surface area contributed by atoms with E-state index < -0.39 is 5.24 Å². The van der Waals surface area contributed by atoms with Gasteiger partial charge in [-0.25, -0.2) is 9.97 Å². The first-order valence-corrected chi connectivity index (χ1v) is 5.66. The Labute approximate surface area is 110 Å². The second-order valence-electron chi connectivity index (χ2n) is 3.68. The summed E-state index contributed by atoms with van der Waals surface area (Å²) >= 11 is 5.55. The number of hydrogen-bond donors (Lipinski definition) is 0. The number of halogens is 1. The van der Waals surface area contributed by atoms with E-state index in [4.69, 9.17) is 16.3 Å². The van der Waals surface area contributed by atoms with E-state index in [1.54, 1.807) is 31.5 Å². The van der Waals surface area contributed by atoms with Gasteiger partial charge < -0.3 is 4.74 Å². The molecule has 2 aromatic rings. The average molecular weight is 263 g/mol. The molecule has 0 spiro atoms. The second-order valence-corrected chi connectivity index (χ2v) is 4.03. The van der Waals surface area contributed by atoms with Crippen molar-refractivity contribution in [1.29, 1.82) is 0 Å². The first-order chi connectivity index (χ1) is 8.65. The van der Waals surface area contributed by atoms with Gasteiger partial charge in [0.15, 0.2) is 0 Å². The van der Waals surface area contributed by atoms with E-state index in [1.807, 2.05) is 6.92 Å². The zero-order chi connectivity index (χ0) is 13.1. The zero-order valence-electron chi connectivity index (χ0n) is 9.98. The van der Waals surface area contributed by atoms with Crippen LogP contribution in [0.4, 0.5) is 0 Å². The molecular formula is C13H11ClN2O2. The Bertz CT molecular complexity index is 585. The van der Waals surface area contributed by atoms with E-state index in [1.165, 1.54) is 6.33 Å². The van der Waals surface area contributed by atoms with E-state index >= 15 is 0 Å². The molecule has 0 atom stereocenters. The van der Waals surface area contributed by atoms with Crippen LogP contribution in [0, 0.1) is 6.92 Å². The van der Waals surface area contributed by atoms with E-state index in [0.717, 1.165) is 11.1 Å². The van der Waals surface area contributed by atoms with Gasteiger partial charge in [-0.2, -0.15) is 0 Å². The standard InChI is InChI=1S/C13H11ClN2O2/c1-8-9(13(14)17)3-4-11(18-2)12(8)10-5-6-15-7-16-10/h3-7H,1-2H3. The number of hydrogen-bond acceptors (Lipinski definition) is 4. The highest BCUT2D eigenvalue weighted by Gasteiger charge is 2.16. The number of nitrogens with zero attached hydrogens (tertiary/aromatic N) is 2. The summed E-state index contributed by atoms with van der Waals surface area (Å²) in [4.78, 5) is 19.4. The Morgan fingerprint density at radius 3 is 2.67 bits per heavy atom. The molecule has 0 amide bonds. The number of methoxy groups -OCH3 is 1. The van der Waals surface area contributed by atoms with E-state index in [-0.39, 0.29) is 0 Å². The first-order valence-electron chi connectivity index (χ1n) is 5.29. The third-order valence-corrected chi connectivity index (χ3v) is 2.90. The molecule has 0 radical (unpaired) electrons. The maximum atomic E-state index is 11.3. The van der Waals surface area contributed by atoms with Gasteiger partial charge in [0.05, 0.1) is 12.8 Å². The molecule has 0 N–H and O–H groups in total. The summed E-state index contributed by atoms with van der Waals surface area (Å²) in [5.41, 5.74) is 2.64. The lowest BCUT2D eigenvalue weighted by molar-refractivity contribution is 0.108. The van der Waals surface area contributed by atoms with Crippen molar-refractivity contribution >= 4 is 16.8 Å². The fourth-order valence-corrected chi connectivity index (χ4v) is 2.03. The molecule has 0 bridgehead atoms. The SMILES string of the molecule is COc1ccc(C(=O)Cl)c(C)c1-c1ccncn1. The summed E-state index contributed by atoms with van der Waals surface area (Å²) in [7, 11) is 1.57. The molecule has 0 fully saturated rings. The van der Waals surface area contributed by atoms with Gasteiger partial charge in [-0.15, -0.1) is 0 Å². The highest BCUT2D eigenvalue weighted by Crippen LogP contribution is 2.34. The van der Waals surface area contributed by atoms with Crippen LogP contribution in [0.1, 0.15) is 15.9 Å². The summed E-state index contributed by atoms with van der Waals surface area (Å²) in [6.07, 6.45) is 3.08. The summed E-state index contributed by atoms with van der Waals surface area (Å²) in [5.74, 6) is 0.646. The summed E-state index contributed by atoms with van der Waals surface area (Å²) in [6.45, 7) is 1.82. The topological polar surface area (TPSA) is 52.1 Å². The quantitative estimate of drug-likeness (QED) is 0.798. The number of carbonyl (C=O) groups excluding carboxylic acids is 1. The Morgan fingerprint density at radius 1 is 1.33 bits per heavy atom. The van der Waals surface area contributed by atoms with Crippen LogP contribution in [0.15, 0.2) is 30.7 Å². The molecular weight excluding hydrogens is 252 g/mol. The first kappa shape index (κ1) is 12.5. The van der Waals surface area contributed by atoms with Gasteiger partial charge in [0.25, 0.3) is 5.24 Å². The van der Waals surface area contributed by atoms with Crippen molar-refractivity contribution in [3.05, 3.63) is 41.9 Å². The minimum Gasteiger partial charge on any atom is -0.496 e. The number of carbonyl (C=O) groups is 1. The molecule has 4 nitrogen and oxygen atoms in total. The number of aromatic nitrogens is 2. The van der Waals surface area contributed by atoms with Crippen LogP contribution in [0.25, 0.3) is 11.3 Å². The molecule has 0 saturated carbocycles. The monoisotopic (exact) mass is 262 g/mol. The van der Waals surface area contributed by atoms with Crippen LogP contribution in [-0.2, 0) is 0 Å². The van der Waals surface area contributed by atoms with Crippen molar-refractivity contribution in [2.24, 2.45) is 0 Å². The lowest BCUT2D eigenvalue weighted by atomic mass is 9.99. The summed E-state index contributed by atoms with van der Waals surface area (Å²) < 4.78 is 5.30. The predicted molar refractivity (Wildman–Crippen MR) is 68.9 cm³/mol. The third-order valence-electron chi connectivity index (χ3n) is 2.70. The van der Waals surface area contributed by atoms with E-state index in [0.29, 0.717) is 17.0 Å². The second kappa shape index (κ2) is 5.14. The Balaban J connectivity index is 2.71. The van der Waals surface area contributed by atoms with E-state index in [9.17, 15) is 4.79 Å². The zero-order valence-corrected chi connectivity index (χ0v) is 10.7. The maximum absolute atomic E-state index is 11.3. The molecule has 1 heterocycles. The van der Waals surface area contributed by atoms with Crippen molar-refractivity contribution in [3.63, 3.8) is 0 Å². The smallest absolute Gasteiger partial charge is 0.252 e. The molecule has 0 unspecified atom stereocenters. The van der Waals surface area contributed by atoms with Crippen LogP contribution in [-0.4, -0.2) is 22.3 Å². The highest BCUT2D eigenvalue weighted by molar-refractivity contribution is 6.68. The van der Waals surface area contributed by atoms with Crippen molar-refractivity contribution in [2.45, 2.75) is 6.92 Å². The van der Waals surface area contributed by atoms with E-state index in [2.05, 4.69) is 9.97 Å². The minimum atomic E-state index is -0.495. The molecule has 92 valence electrons.